The van der Waals surface area contributed by atoms with Crippen molar-refractivity contribution in [2.75, 3.05) is 13.2 Å². The average molecular weight is 328 g/mol. The second kappa shape index (κ2) is 7.45. The number of pyridine rings is 1. The Hall–Kier alpha value is -2.40. The Morgan fingerprint density at radius 1 is 1.42 bits per heavy atom. The number of aliphatic hydroxyl groups excluding tert-OH is 1. The van der Waals surface area contributed by atoms with Gasteiger partial charge >= 0.3 is 0 Å². The van der Waals surface area contributed by atoms with Gasteiger partial charge in [-0.25, -0.2) is 4.98 Å². The molecule has 1 aromatic carbocycles. The Labute approximate surface area is 144 Å². The largest absolute Gasteiger partial charge is 0.478 e. The van der Waals surface area contributed by atoms with Crippen LogP contribution in [-0.2, 0) is 4.79 Å². The summed E-state index contributed by atoms with van der Waals surface area (Å²) in [5, 5.41) is 12.5. The molecule has 1 saturated carbocycles. The van der Waals surface area contributed by atoms with Gasteiger partial charge in [-0.15, -0.1) is 0 Å². The summed E-state index contributed by atoms with van der Waals surface area (Å²) < 4.78 is 19.8. The maximum absolute atomic E-state index is 12.5. The minimum Gasteiger partial charge on any atom is -0.478 e. The van der Waals surface area contributed by atoms with E-state index >= 15 is 0 Å². The third-order valence-corrected chi connectivity index (χ3v) is 4.22. The molecular weight excluding hydrogens is 304 g/mol. The summed E-state index contributed by atoms with van der Waals surface area (Å²) in [7, 11) is 0. The van der Waals surface area contributed by atoms with Gasteiger partial charge < -0.3 is 15.2 Å². The van der Waals surface area contributed by atoms with E-state index in [2.05, 4.69) is 10.3 Å². The van der Waals surface area contributed by atoms with Crippen molar-refractivity contribution >= 4 is 5.91 Å². The highest BCUT2D eigenvalue weighted by Crippen LogP contribution is 2.47. The first kappa shape index (κ1) is 14.0. The fourth-order valence-electron chi connectivity index (χ4n) is 2.83. The molecule has 0 spiro atoms. The Balaban J connectivity index is 1.60. The number of amides is 1. The molecule has 5 heteroatoms. The van der Waals surface area contributed by atoms with E-state index in [0.717, 1.165) is 12.0 Å². The SMILES string of the molecule is [2H]C([2H])(C)Oc1ccc([C@H](CO)NC(=O)[C@H]2C[C@@H]2c2ccccc2)cn1. The van der Waals surface area contributed by atoms with Gasteiger partial charge in [-0.3, -0.25) is 4.79 Å². The lowest BCUT2D eigenvalue weighted by Gasteiger charge is -2.17. The number of hydrogen-bond donors (Lipinski definition) is 2. The zero-order valence-corrected chi connectivity index (χ0v) is 13.5. The van der Waals surface area contributed by atoms with Gasteiger partial charge in [0.15, 0.2) is 0 Å². The molecule has 3 rings (SSSR count). The molecule has 126 valence electrons. The van der Waals surface area contributed by atoms with Crippen molar-refractivity contribution < 1.29 is 17.4 Å². The predicted octanol–water partition coefficient (Wildman–Crippen LogP) is 2.43. The maximum atomic E-state index is 12.5. The van der Waals surface area contributed by atoms with Crippen molar-refractivity contribution in [2.45, 2.75) is 25.3 Å². The number of nitrogens with zero attached hydrogens (tertiary/aromatic N) is 1. The summed E-state index contributed by atoms with van der Waals surface area (Å²) in [6.07, 6.45) is 2.29. The summed E-state index contributed by atoms with van der Waals surface area (Å²) in [5.74, 6) is 0.226. The number of hydrogen-bond acceptors (Lipinski definition) is 4. The minimum absolute atomic E-state index is 0.0747. The van der Waals surface area contributed by atoms with Crippen LogP contribution in [0.2, 0.25) is 0 Å². The molecule has 0 saturated heterocycles. The predicted molar refractivity (Wildman–Crippen MR) is 90.7 cm³/mol. The van der Waals surface area contributed by atoms with Crippen LogP contribution in [0.25, 0.3) is 0 Å². The van der Waals surface area contributed by atoms with Crippen LogP contribution in [0.4, 0.5) is 0 Å². The van der Waals surface area contributed by atoms with Crippen LogP contribution in [0, 0.1) is 5.92 Å². The summed E-state index contributed by atoms with van der Waals surface area (Å²) in [5.41, 5.74) is 1.80. The summed E-state index contributed by atoms with van der Waals surface area (Å²) in [4.78, 5) is 16.5. The molecule has 2 N–H and O–H groups in total. The third kappa shape index (κ3) is 3.74. The van der Waals surface area contributed by atoms with Gasteiger partial charge in [0.2, 0.25) is 11.8 Å². The monoisotopic (exact) mass is 328 g/mol. The Morgan fingerprint density at radius 2 is 2.21 bits per heavy atom. The van der Waals surface area contributed by atoms with Crippen molar-refractivity contribution in [3.8, 4) is 5.88 Å². The smallest absolute Gasteiger partial charge is 0.224 e. The minimum atomic E-state index is -1.82. The number of rotatable bonds is 7. The molecule has 1 aliphatic carbocycles. The number of carbonyl (C=O) groups is 1. The first-order valence-corrected chi connectivity index (χ1v) is 7.98. The van der Waals surface area contributed by atoms with Crippen molar-refractivity contribution in [2.24, 2.45) is 5.92 Å². The number of aromatic nitrogens is 1. The summed E-state index contributed by atoms with van der Waals surface area (Å²) in [6, 6.07) is 12.6. The molecule has 0 bridgehead atoms. The molecule has 1 amide bonds. The Morgan fingerprint density at radius 3 is 2.83 bits per heavy atom. The second-order valence-electron chi connectivity index (χ2n) is 5.84. The van der Waals surface area contributed by atoms with Crippen molar-refractivity contribution in [1.29, 1.82) is 0 Å². The van der Waals surface area contributed by atoms with E-state index in [1.54, 1.807) is 6.07 Å². The molecule has 2 aromatic rings. The van der Waals surface area contributed by atoms with Gasteiger partial charge in [0, 0.05) is 18.2 Å². The van der Waals surface area contributed by atoms with Crippen molar-refractivity contribution in [3.63, 3.8) is 0 Å². The number of nitrogens with one attached hydrogen (secondary N) is 1. The molecule has 1 aliphatic rings. The third-order valence-electron chi connectivity index (χ3n) is 4.22. The molecule has 24 heavy (non-hydrogen) atoms. The van der Waals surface area contributed by atoms with Gasteiger partial charge in [-0.2, -0.15) is 0 Å². The first-order chi connectivity index (χ1) is 12.4. The molecule has 1 heterocycles. The highest BCUT2D eigenvalue weighted by molar-refractivity contribution is 5.83. The van der Waals surface area contributed by atoms with Gasteiger partial charge in [0.25, 0.3) is 0 Å². The van der Waals surface area contributed by atoms with E-state index in [0.29, 0.717) is 5.56 Å². The standard InChI is InChI=1S/C19H22N2O3/c1-2-24-18-9-8-14(11-20-18)17(12-22)21-19(23)16-10-15(16)13-6-4-3-5-7-13/h3-9,11,15-17,22H,2,10,12H2,1H3,(H,21,23)/t15-,16+,17+/m1/s1/i2D2. The molecule has 0 aliphatic heterocycles. The van der Waals surface area contributed by atoms with E-state index in [1.165, 1.54) is 19.2 Å². The number of ether oxygens (including phenoxy) is 1. The van der Waals surface area contributed by atoms with E-state index in [9.17, 15) is 9.90 Å². The molecule has 0 radical (unpaired) electrons. The zero-order valence-electron chi connectivity index (χ0n) is 15.5. The lowest BCUT2D eigenvalue weighted by molar-refractivity contribution is -0.123. The van der Waals surface area contributed by atoms with E-state index < -0.39 is 12.6 Å². The lowest BCUT2D eigenvalue weighted by atomic mass is 10.1. The Bertz CT molecular complexity index is 748. The quantitative estimate of drug-likeness (QED) is 0.819. The first-order valence-electron chi connectivity index (χ1n) is 8.98. The van der Waals surface area contributed by atoms with Gasteiger partial charge in [0.05, 0.1) is 21.9 Å². The van der Waals surface area contributed by atoms with Crippen LogP contribution in [-0.4, -0.2) is 29.2 Å². The van der Waals surface area contributed by atoms with Crippen LogP contribution < -0.4 is 10.1 Å². The van der Waals surface area contributed by atoms with E-state index in [1.807, 2.05) is 30.3 Å². The van der Waals surface area contributed by atoms with Gasteiger partial charge in [-0.1, -0.05) is 30.3 Å². The van der Waals surface area contributed by atoms with Crippen molar-refractivity contribution in [3.05, 3.63) is 59.8 Å². The normalized spacial score (nSPS) is 22.1. The number of benzene rings is 1. The molecule has 5 nitrogen and oxygen atoms in total. The van der Waals surface area contributed by atoms with E-state index in [4.69, 9.17) is 7.48 Å². The molecule has 1 fully saturated rings. The highest BCUT2D eigenvalue weighted by Gasteiger charge is 2.44. The molecule has 3 atom stereocenters. The second-order valence-corrected chi connectivity index (χ2v) is 5.84. The number of carbonyl (C=O) groups excluding carboxylic acids is 1. The topological polar surface area (TPSA) is 71.5 Å². The number of aliphatic hydroxyl groups is 1. The molecule has 1 aromatic heterocycles. The fraction of sp³-hybridized carbons (Fsp3) is 0.368. The zero-order chi connectivity index (χ0) is 18.7. The van der Waals surface area contributed by atoms with Crippen LogP contribution in [0.5, 0.6) is 5.88 Å². The average Bonchev–Trinajstić information content (AvgIpc) is 3.41. The molecular formula is C19H22N2O3. The fourth-order valence-corrected chi connectivity index (χ4v) is 2.83. The highest BCUT2D eigenvalue weighted by atomic mass is 16.5. The van der Waals surface area contributed by atoms with E-state index in [-0.39, 0.29) is 30.2 Å². The van der Waals surface area contributed by atoms with Crippen LogP contribution in [0.1, 0.15) is 39.2 Å². The lowest BCUT2D eigenvalue weighted by Crippen LogP contribution is -2.32. The Kier molecular flexibility index (Phi) is 4.34. The summed E-state index contributed by atoms with van der Waals surface area (Å²) >= 11 is 0. The van der Waals surface area contributed by atoms with Crippen LogP contribution >= 0.6 is 0 Å². The molecule has 0 unspecified atom stereocenters. The van der Waals surface area contributed by atoms with Gasteiger partial charge in [-0.05, 0) is 36.5 Å². The van der Waals surface area contributed by atoms with Gasteiger partial charge in [0.1, 0.15) is 0 Å². The maximum Gasteiger partial charge on any atom is 0.224 e. The van der Waals surface area contributed by atoms with Crippen molar-refractivity contribution in [1.82, 2.24) is 10.3 Å². The van der Waals surface area contributed by atoms with Crippen LogP contribution in [0.3, 0.4) is 0 Å². The van der Waals surface area contributed by atoms with Crippen LogP contribution in [0.15, 0.2) is 48.7 Å². The summed E-state index contributed by atoms with van der Waals surface area (Å²) in [6.45, 7) is -0.777.